The summed E-state index contributed by atoms with van der Waals surface area (Å²) in [5.74, 6) is 2.75. The van der Waals surface area contributed by atoms with E-state index in [4.69, 9.17) is 19.7 Å². The van der Waals surface area contributed by atoms with Gasteiger partial charge >= 0.3 is 0 Å². The number of ether oxygens (including phenoxy) is 1. The standard InChI is InChI=1S/C30H23N3O/c1-30(2)25-16-10-9-15-23(25)24-18-17-22(19-26(24)34-30)29-32-27(20-11-5-3-6-12-20)31-28(33-29)21-13-7-4-8-14-21/h3-19H,1-2H3. The van der Waals surface area contributed by atoms with Crippen molar-refractivity contribution >= 4 is 0 Å². The number of nitrogens with zero attached hydrogens (tertiary/aromatic N) is 3. The first kappa shape index (κ1) is 20.3. The maximum Gasteiger partial charge on any atom is 0.164 e. The molecule has 0 saturated heterocycles. The number of hydrogen-bond acceptors (Lipinski definition) is 4. The van der Waals surface area contributed by atoms with Crippen LogP contribution in [-0.4, -0.2) is 15.0 Å². The van der Waals surface area contributed by atoms with Gasteiger partial charge in [-0.15, -0.1) is 0 Å². The Kier molecular flexibility index (Phi) is 4.73. The second-order valence-corrected chi connectivity index (χ2v) is 8.91. The van der Waals surface area contributed by atoms with E-state index in [0.717, 1.165) is 28.0 Å². The van der Waals surface area contributed by atoms with Gasteiger partial charge in [0.25, 0.3) is 0 Å². The van der Waals surface area contributed by atoms with Crippen LogP contribution in [0, 0.1) is 0 Å². The Labute approximate surface area is 199 Å². The van der Waals surface area contributed by atoms with E-state index < -0.39 is 5.60 Å². The van der Waals surface area contributed by atoms with Gasteiger partial charge in [-0.05, 0) is 31.5 Å². The average Bonchev–Trinajstić information content (AvgIpc) is 2.89. The first-order valence-electron chi connectivity index (χ1n) is 11.4. The molecule has 0 atom stereocenters. The first-order valence-corrected chi connectivity index (χ1v) is 11.4. The molecule has 0 amide bonds. The van der Waals surface area contributed by atoms with Gasteiger partial charge in [0.2, 0.25) is 0 Å². The Hall–Kier alpha value is -4.31. The lowest BCUT2D eigenvalue weighted by molar-refractivity contribution is 0.106. The third kappa shape index (κ3) is 3.54. The van der Waals surface area contributed by atoms with Crippen LogP contribution in [0.5, 0.6) is 5.75 Å². The Bertz CT molecular complexity index is 1440. The van der Waals surface area contributed by atoms with Crippen molar-refractivity contribution in [3.05, 3.63) is 109 Å². The van der Waals surface area contributed by atoms with Gasteiger partial charge in [0, 0.05) is 27.8 Å². The van der Waals surface area contributed by atoms with Crippen molar-refractivity contribution in [2.75, 3.05) is 0 Å². The first-order chi connectivity index (χ1) is 16.6. The van der Waals surface area contributed by atoms with Crippen LogP contribution in [0.1, 0.15) is 19.4 Å². The summed E-state index contributed by atoms with van der Waals surface area (Å²) in [7, 11) is 0. The fourth-order valence-electron chi connectivity index (χ4n) is 4.48. The summed E-state index contributed by atoms with van der Waals surface area (Å²) in [6.45, 7) is 4.21. The molecule has 34 heavy (non-hydrogen) atoms. The monoisotopic (exact) mass is 441 g/mol. The lowest BCUT2D eigenvalue weighted by Gasteiger charge is -2.35. The molecule has 2 heterocycles. The quantitative estimate of drug-likeness (QED) is 0.298. The van der Waals surface area contributed by atoms with E-state index in [-0.39, 0.29) is 0 Å². The second-order valence-electron chi connectivity index (χ2n) is 8.91. The van der Waals surface area contributed by atoms with Crippen LogP contribution < -0.4 is 4.74 Å². The van der Waals surface area contributed by atoms with Crippen LogP contribution in [0.25, 0.3) is 45.3 Å². The lowest BCUT2D eigenvalue weighted by atomic mass is 9.86. The summed E-state index contributed by atoms with van der Waals surface area (Å²) >= 11 is 0. The Morgan fingerprint density at radius 1 is 0.529 bits per heavy atom. The molecule has 0 N–H and O–H groups in total. The molecule has 1 aromatic heterocycles. The molecule has 4 aromatic carbocycles. The lowest BCUT2D eigenvalue weighted by Crippen LogP contribution is -2.29. The molecule has 6 rings (SSSR count). The third-order valence-electron chi connectivity index (χ3n) is 6.17. The van der Waals surface area contributed by atoms with Gasteiger partial charge < -0.3 is 4.74 Å². The van der Waals surface area contributed by atoms with Crippen LogP contribution in [0.3, 0.4) is 0 Å². The van der Waals surface area contributed by atoms with Gasteiger partial charge in [-0.2, -0.15) is 0 Å². The molecular weight excluding hydrogens is 418 g/mol. The maximum atomic E-state index is 6.47. The Morgan fingerprint density at radius 3 is 1.68 bits per heavy atom. The highest BCUT2D eigenvalue weighted by Crippen LogP contribution is 2.46. The topological polar surface area (TPSA) is 47.9 Å². The summed E-state index contributed by atoms with van der Waals surface area (Å²) < 4.78 is 6.47. The molecule has 0 fully saturated rings. The number of rotatable bonds is 3. The zero-order valence-corrected chi connectivity index (χ0v) is 19.1. The molecule has 0 aliphatic carbocycles. The van der Waals surface area contributed by atoms with Gasteiger partial charge in [0.15, 0.2) is 17.5 Å². The van der Waals surface area contributed by atoms with Crippen molar-refractivity contribution in [2.45, 2.75) is 19.4 Å². The molecule has 0 unspecified atom stereocenters. The van der Waals surface area contributed by atoms with Gasteiger partial charge in [-0.3, -0.25) is 0 Å². The average molecular weight is 442 g/mol. The highest BCUT2D eigenvalue weighted by Gasteiger charge is 2.32. The number of benzene rings is 4. The van der Waals surface area contributed by atoms with Gasteiger partial charge in [-0.1, -0.05) is 91.0 Å². The van der Waals surface area contributed by atoms with E-state index in [1.807, 2.05) is 66.7 Å². The zero-order chi connectivity index (χ0) is 23.1. The minimum Gasteiger partial charge on any atom is -0.482 e. The molecule has 164 valence electrons. The SMILES string of the molecule is CC1(C)Oc2cc(-c3nc(-c4ccccc4)nc(-c4ccccc4)n3)ccc2-c2ccccc21. The largest absolute Gasteiger partial charge is 0.482 e. The van der Waals surface area contributed by atoms with E-state index in [1.54, 1.807) is 0 Å². The van der Waals surface area contributed by atoms with Crippen molar-refractivity contribution in [1.82, 2.24) is 15.0 Å². The molecule has 4 heteroatoms. The molecule has 1 aliphatic rings. The second kappa shape index (κ2) is 7.92. The Balaban J connectivity index is 1.52. The fourth-order valence-corrected chi connectivity index (χ4v) is 4.48. The number of fused-ring (bicyclic) bond motifs is 3. The summed E-state index contributed by atoms with van der Waals surface area (Å²) in [6.07, 6.45) is 0. The molecular formula is C30H23N3O. The minimum absolute atomic E-state index is 0.425. The fraction of sp³-hybridized carbons (Fsp3) is 0.100. The predicted molar refractivity (Wildman–Crippen MR) is 135 cm³/mol. The van der Waals surface area contributed by atoms with Crippen LogP contribution in [0.4, 0.5) is 0 Å². The van der Waals surface area contributed by atoms with E-state index in [1.165, 1.54) is 11.1 Å². The van der Waals surface area contributed by atoms with Crippen LogP contribution in [-0.2, 0) is 5.60 Å². The van der Waals surface area contributed by atoms with Crippen LogP contribution in [0.2, 0.25) is 0 Å². The highest BCUT2D eigenvalue weighted by atomic mass is 16.5. The van der Waals surface area contributed by atoms with Gasteiger partial charge in [0.05, 0.1) is 0 Å². The van der Waals surface area contributed by atoms with E-state index in [0.29, 0.717) is 17.5 Å². The van der Waals surface area contributed by atoms with Gasteiger partial charge in [0.1, 0.15) is 11.4 Å². The highest BCUT2D eigenvalue weighted by molar-refractivity contribution is 5.79. The van der Waals surface area contributed by atoms with Crippen molar-refractivity contribution in [3.63, 3.8) is 0 Å². The summed E-state index contributed by atoms with van der Waals surface area (Å²) in [5.41, 5.74) is 5.84. The summed E-state index contributed by atoms with van der Waals surface area (Å²) in [5, 5.41) is 0. The number of hydrogen-bond donors (Lipinski definition) is 0. The van der Waals surface area contributed by atoms with Crippen LogP contribution in [0.15, 0.2) is 103 Å². The Morgan fingerprint density at radius 2 is 1.06 bits per heavy atom. The molecule has 1 aliphatic heterocycles. The smallest absolute Gasteiger partial charge is 0.164 e. The molecule has 0 saturated carbocycles. The zero-order valence-electron chi connectivity index (χ0n) is 19.1. The predicted octanol–water partition coefficient (Wildman–Crippen LogP) is 7.17. The number of aromatic nitrogens is 3. The molecule has 0 spiro atoms. The summed E-state index contributed by atoms with van der Waals surface area (Å²) in [4.78, 5) is 14.5. The third-order valence-corrected chi connectivity index (χ3v) is 6.17. The molecule has 0 bridgehead atoms. The molecule has 4 nitrogen and oxygen atoms in total. The summed E-state index contributed by atoms with van der Waals surface area (Å²) in [6, 6.07) is 34.7. The van der Waals surface area contributed by atoms with E-state index in [9.17, 15) is 0 Å². The molecule has 5 aromatic rings. The van der Waals surface area contributed by atoms with Crippen molar-refractivity contribution < 1.29 is 4.74 Å². The van der Waals surface area contributed by atoms with Crippen molar-refractivity contribution in [2.24, 2.45) is 0 Å². The van der Waals surface area contributed by atoms with Crippen LogP contribution >= 0.6 is 0 Å². The van der Waals surface area contributed by atoms with E-state index >= 15 is 0 Å². The van der Waals surface area contributed by atoms with Crippen molar-refractivity contribution in [1.29, 1.82) is 0 Å². The maximum absolute atomic E-state index is 6.47. The van der Waals surface area contributed by atoms with Crippen molar-refractivity contribution in [3.8, 4) is 51.0 Å². The minimum atomic E-state index is -0.425. The van der Waals surface area contributed by atoms with Gasteiger partial charge in [-0.25, -0.2) is 15.0 Å². The van der Waals surface area contributed by atoms with E-state index in [2.05, 4.69) is 50.2 Å². The molecule has 0 radical (unpaired) electrons. The normalized spacial score (nSPS) is 13.5.